The maximum absolute atomic E-state index is 11.3. The molecule has 0 aliphatic heterocycles. The van der Waals surface area contributed by atoms with Crippen LogP contribution in [0.1, 0.15) is 0 Å². The molecule has 0 spiro atoms. The quantitative estimate of drug-likeness (QED) is 0.192. The molecule has 1 aromatic heterocycles. The topological polar surface area (TPSA) is 45.4 Å². The van der Waals surface area contributed by atoms with Crippen LogP contribution >= 0.6 is 0 Å². The summed E-state index contributed by atoms with van der Waals surface area (Å²) < 4.78 is 6.13. The van der Waals surface area contributed by atoms with Gasteiger partial charge in [0.15, 0.2) is 0 Å². The number of furan rings is 1. The molecule has 8 aromatic carbocycles. The van der Waals surface area contributed by atoms with Crippen LogP contribution in [0.2, 0.25) is 0 Å². The van der Waals surface area contributed by atoms with Gasteiger partial charge in [0, 0.05) is 22.0 Å². The Balaban J connectivity index is 1.03. The fourth-order valence-electron chi connectivity index (χ4n) is 6.99. The van der Waals surface area contributed by atoms with Crippen molar-refractivity contribution in [2.45, 2.75) is 0 Å². The molecule has 9 rings (SSSR count). The molecule has 0 radical (unpaired) electrons. The van der Waals surface area contributed by atoms with Crippen LogP contribution in [0.5, 0.6) is 5.75 Å². The molecule has 0 saturated heterocycles. The van der Waals surface area contributed by atoms with Crippen LogP contribution in [0.15, 0.2) is 180 Å². The summed E-state index contributed by atoms with van der Waals surface area (Å²) in [5.41, 5.74) is 12.0. The largest absolute Gasteiger partial charge is 0.507 e. The summed E-state index contributed by atoms with van der Waals surface area (Å²) in [6.07, 6.45) is 0. The number of rotatable bonds is 6. The molecule has 232 valence electrons. The highest BCUT2D eigenvalue weighted by atomic mass is 16.3. The van der Waals surface area contributed by atoms with Gasteiger partial charge in [-0.1, -0.05) is 133 Å². The van der Waals surface area contributed by atoms with E-state index >= 15 is 0 Å². The Labute approximate surface area is 284 Å². The fraction of sp³-hybridized carbons (Fsp3) is 0. The third kappa shape index (κ3) is 5.18. The van der Waals surface area contributed by atoms with Gasteiger partial charge in [-0.15, -0.1) is 0 Å². The highest BCUT2D eigenvalue weighted by Crippen LogP contribution is 2.43. The highest BCUT2D eigenvalue weighted by molar-refractivity contribution is 6.06. The lowest BCUT2D eigenvalue weighted by Gasteiger charge is -2.17. The molecule has 1 heterocycles. The molecule has 0 fully saturated rings. The van der Waals surface area contributed by atoms with E-state index in [2.05, 4.69) is 133 Å². The summed E-state index contributed by atoms with van der Waals surface area (Å²) in [6.45, 7) is 0. The summed E-state index contributed by atoms with van der Waals surface area (Å²) in [5, 5.41) is 19.6. The zero-order chi connectivity index (χ0) is 32.7. The summed E-state index contributed by atoms with van der Waals surface area (Å²) in [5.74, 6) is 0.223. The minimum atomic E-state index is 0.223. The molecule has 2 N–H and O–H groups in total. The van der Waals surface area contributed by atoms with Crippen LogP contribution in [-0.4, -0.2) is 5.11 Å². The SMILES string of the molecule is Oc1cccc(Nc2ccc(-c3ccc4c(c3)oc3ccccc34)cc2)c1-c1ccccc1-c1ccc(-c2cccc3ccccc23)cc1. The van der Waals surface area contributed by atoms with Crippen molar-refractivity contribution in [2.24, 2.45) is 0 Å². The zero-order valence-corrected chi connectivity index (χ0v) is 26.6. The lowest BCUT2D eigenvalue weighted by Crippen LogP contribution is -1.95. The Morgan fingerprint density at radius 3 is 1.84 bits per heavy atom. The van der Waals surface area contributed by atoms with Gasteiger partial charge in [0.05, 0.1) is 5.69 Å². The van der Waals surface area contributed by atoms with E-state index in [0.29, 0.717) is 0 Å². The molecule has 49 heavy (non-hydrogen) atoms. The summed E-state index contributed by atoms with van der Waals surface area (Å²) >= 11 is 0. The molecule has 0 aliphatic rings. The van der Waals surface area contributed by atoms with Gasteiger partial charge in [-0.2, -0.15) is 0 Å². The molecule has 0 bridgehead atoms. The Morgan fingerprint density at radius 1 is 0.408 bits per heavy atom. The van der Waals surface area contributed by atoms with Gasteiger partial charge in [-0.05, 0) is 92.2 Å². The molecule has 0 aliphatic carbocycles. The van der Waals surface area contributed by atoms with Gasteiger partial charge in [0.1, 0.15) is 16.9 Å². The minimum Gasteiger partial charge on any atom is -0.507 e. The zero-order valence-electron chi connectivity index (χ0n) is 26.6. The Bertz CT molecular complexity index is 2630. The van der Waals surface area contributed by atoms with Crippen molar-refractivity contribution in [1.82, 2.24) is 0 Å². The number of benzene rings is 8. The predicted octanol–water partition coefficient (Wildman–Crippen LogP) is 12.9. The molecular formula is C46H31NO2. The van der Waals surface area contributed by atoms with Crippen molar-refractivity contribution in [3.05, 3.63) is 176 Å². The van der Waals surface area contributed by atoms with E-state index in [-0.39, 0.29) is 5.75 Å². The van der Waals surface area contributed by atoms with E-state index in [1.807, 2.05) is 42.5 Å². The number of anilines is 2. The number of aromatic hydroxyl groups is 1. The highest BCUT2D eigenvalue weighted by Gasteiger charge is 2.16. The minimum absolute atomic E-state index is 0.223. The smallest absolute Gasteiger partial charge is 0.136 e. The summed E-state index contributed by atoms with van der Waals surface area (Å²) in [4.78, 5) is 0. The average Bonchev–Trinajstić information content (AvgIpc) is 3.53. The molecule has 0 atom stereocenters. The molecule has 0 amide bonds. The van der Waals surface area contributed by atoms with E-state index in [0.717, 1.165) is 66.7 Å². The molecule has 3 nitrogen and oxygen atoms in total. The van der Waals surface area contributed by atoms with Crippen LogP contribution in [-0.2, 0) is 0 Å². The van der Waals surface area contributed by atoms with Gasteiger partial charge >= 0.3 is 0 Å². The standard InChI is InChI=1S/C46H31NO2/c48-43-17-8-16-42(47-35-26-23-30(24-27-35)34-25-28-40-39-13-5-6-18-44(39)49-45(40)29-34)46(43)41-14-4-3-12-38(41)33-21-19-32(20-22-33)37-15-7-10-31-9-1-2-11-36(31)37/h1-29,47-48H. The number of para-hydroxylation sites is 1. The Kier molecular flexibility index (Phi) is 6.95. The molecule has 0 saturated carbocycles. The maximum Gasteiger partial charge on any atom is 0.136 e. The van der Waals surface area contributed by atoms with Crippen molar-refractivity contribution in [3.63, 3.8) is 0 Å². The van der Waals surface area contributed by atoms with E-state index < -0.39 is 0 Å². The van der Waals surface area contributed by atoms with Crippen molar-refractivity contribution in [2.75, 3.05) is 5.32 Å². The predicted molar refractivity (Wildman–Crippen MR) is 204 cm³/mol. The van der Waals surface area contributed by atoms with Gasteiger partial charge in [-0.3, -0.25) is 0 Å². The first kappa shape index (κ1) is 28.6. The summed E-state index contributed by atoms with van der Waals surface area (Å²) in [6, 6.07) is 60.4. The van der Waals surface area contributed by atoms with Gasteiger partial charge < -0.3 is 14.8 Å². The van der Waals surface area contributed by atoms with Crippen molar-refractivity contribution in [1.29, 1.82) is 0 Å². The molecular weight excluding hydrogens is 599 g/mol. The number of hydrogen-bond acceptors (Lipinski definition) is 3. The van der Waals surface area contributed by atoms with Crippen molar-refractivity contribution in [3.8, 4) is 50.3 Å². The van der Waals surface area contributed by atoms with Gasteiger partial charge in [-0.25, -0.2) is 0 Å². The van der Waals surface area contributed by atoms with Crippen LogP contribution in [0.3, 0.4) is 0 Å². The van der Waals surface area contributed by atoms with E-state index in [4.69, 9.17) is 4.42 Å². The number of fused-ring (bicyclic) bond motifs is 4. The van der Waals surface area contributed by atoms with Crippen LogP contribution in [0, 0.1) is 0 Å². The second kappa shape index (κ2) is 11.9. The monoisotopic (exact) mass is 629 g/mol. The van der Waals surface area contributed by atoms with Gasteiger partial charge in [0.2, 0.25) is 0 Å². The van der Waals surface area contributed by atoms with E-state index in [9.17, 15) is 5.11 Å². The normalized spacial score (nSPS) is 11.3. The van der Waals surface area contributed by atoms with Crippen molar-refractivity contribution < 1.29 is 9.52 Å². The lowest BCUT2D eigenvalue weighted by atomic mass is 9.91. The first-order chi connectivity index (χ1) is 24.2. The van der Waals surface area contributed by atoms with Crippen LogP contribution in [0.25, 0.3) is 77.2 Å². The van der Waals surface area contributed by atoms with E-state index in [1.54, 1.807) is 6.07 Å². The first-order valence-electron chi connectivity index (χ1n) is 16.5. The van der Waals surface area contributed by atoms with Crippen molar-refractivity contribution >= 4 is 44.1 Å². The maximum atomic E-state index is 11.3. The van der Waals surface area contributed by atoms with Gasteiger partial charge in [0.25, 0.3) is 0 Å². The number of hydrogen-bond donors (Lipinski definition) is 2. The summed E-state index contributed by atoms with van der Waals surface area (Å²) in [7, 11) is 0. The number of nitrogens with one attached hydrogen (secondary N) is 1. The second-order valence-corrected chi connectivity index (χ2v) is 12.4. The van der Waals surface area contributed by atoms with E-state index in [1.165, 1.54) is 21.9 Å². The molecule has 3 heteroatoms. The van der Waals surface area contributed by atoms with Crippen LogP contribution < -0.4 is 5.32 Å². The third-order valence-corrected chi connectivity index (χ3v) is 9.41. The Hall–Kier alpha value is -6.58. The lowest BCUT2D eigenvalue weighted by molar-refractivity contribution is 0.477. The number of phenolic OH excluding ortho intramolecular Hbond substituents is 1. The number of phenols is 1. The Morgan fingerprint density at radius 2 is 1.00 bits per heavy atom. The first-order valence-corrected chi connectivity index (χ1v) is 16.5. The second-order valence-electron chi connectivity index (χ2n) is 12.4. The average molecular weight is 630 g/mol. The molecule has 0 unspecified atom stereocenters. The fourth-order valence-corrected chi connectivity index (χ4v) is 6.99. The van der Waals surface area contributed by atoms with Crippen LogP contribution in [0.4, 0.5) is 11.4 Å². The third-order valence-electron chi connectivity index (χ3n) is 9.41. The molecule has 9 aromatic rings.